The number of fused-ring (bicyclic) bond motifs is 1. The van der Waals surface area contributed by atoms with Crippen LogP contribution in [0.15, 0.2) is 76.2 Å². The van der Waals surface area contributed by atoms with E-state index in [0.717, 1.165) is 6.42 Å². The highest BCUT2D eigenvalue weighted by Gasteiger charge is 2.19. The van der Waals surface area contributed by atoms with Gasteiger partial charge < -0.3 is 14.4 Å². The second-order valence-corrected chi connectivity index (χ2v) is 8.35. The van der Waals surface area contributed by atoms with Crippen molar-refractivity contribution < 1.29 is 13.7 Å². The van der Waals surface area contributed by atoms with Crippen molar-refractivity contribution in [2.45, 2.75) is 26.8 Å². The molecule has 1 amide bonds. The fraction of sp³-hybridized carbons (Fsp3) is 0.148. The van der Waals surface area contributed by atoms with Gasteiger partial charge in [0, 0.05) is 23.1 Å². The summed E-state index contributed by atoms with van der Waals surface area (Å²) in [6.45, 7) is 3.78. The monoisotopic (exact) mass is 483 g/mol. The number of hydrogen-bond acceptors (Lipinski definition) is 6. The SMILES string of the molecule is CCc1ccc(NC(=O)Cn2cc(-c3nc(-c4ccc(F)cc4)no3)c(=O)c3ccc(C)nc32)cc1. The molecule has 0 unspecified atom stereocenters. The lowest BCUT2D eigenvalue weighted by Crippen LogP contribution is -2.22. The summed E-state index contributed by atoms with van der Waals surface area (Å²) in [6, 6.07) is 16.6. The van der Waals surface area contributed by atoms with E-state index in [-0.39, 0.29) is 41.0 Å². The van der Waals surface area contributed by atoms with Crippen LogP contribution in [0.5, 0.6) is 0 Å². The van der Waals surface area contributed by atoms with E-state index in [1.165, 1.54) is 36.0 Å². The topological polar surface area (TPSA) is 103 Å². The zero-order valence-corrected chi connectivity index (χ0v) is 19.7. The lowest BCUT2D eigenvalue weighted by atomic mass is 10.1. The van der Waals surface area contributed by atoms with Gasteiger partial charge in [0.2, 0.25) is 17.2 Å². The van der Waals surface area contributed by atoms with Gasteiger partial charge in [-0.1, -0.05) is 24.2 Å². The molecule has 0 aliphatic carbocycles. The van der Waals surface area contributed by atoms with E-state index in [2.05, 4.69) is 27.4 Å². The summed E-state index contributed by atoms with van der Waals surface area (Å²) in [4.78, 5) is 35.0. The Labute approximate surface area is 205 Å². The largest absolute Gasteiger partial charge is 0.333 e. The molecule has 0 aliphatic heterocycles. The van der Waals surface area contributed by atoms with Crippen molar-refractivity contribution in [2.24, 2.45) is 0 Å². The van der Waals surface area contributed by atoms with Gasteiger partial charge in [-0.15, -0.1) is 0 Å². The number of carbonyl (C=O) groups is 1. The fourth-order valence-corrected chi connectivity index (χ4v) is 3.86. The van der Waals surface area contributed by atoms with Gasteiger partial charge in [-0.25, -0.2) is 9.37 Å². The number of nitrogens with zero attached hydrogens (tertiary/aromatic N) is 4. The number of amides is 1. The molecular weight excluding hydrogens is 461 g/mol. The number of halogens is 1. The molecule has 0 spiro atoms. The Bertz CT molecular complexity index is 1620. The molecule has 0 aliphatic rings. The highest BCUT2D eigenvalue weighted by molar-refractivity contribution is 5.91. The number of hydrogen-bond donors (Lipinski definition) is 1. The number of benzene rings is 2. The summed E-state index contributed by atoms with van der Waals surface area (Å²) in [6.07, 6.45) is 2.41. The maximum absolute atomic E-state index is 13.3. The van der Waals surface area contributed by atoms with Crippen LogP contribution in [-0.4, -0.2) is 25.6 Å². The lowest BCUT2D eigenvalue weighted by molar-refractivity contribution is -0.116. The van der Waals surface area contributed by atoms with Crippen molar-refractivity contribution in [3.05, 3.63) is 94.2 Å². The Balaban J connectivity index is 1.52. The molecule has 0 radical (unpaired) electrons. The molecule has 3 heterocycles. The first-order chi connectivity index (χ1) is 17.4. The predicted molar refractivity (Wildman–Crippen MR) is 134 cm³/mol. The molecule has 9 heteroatoms. The highest BCUT2D eigenvalue weighted by Crippen LogP contribution is 2.23. The maximum atomic E-state index is 13.3. The molecule has 5 aromatic rings. The van der Waals surface area contributed by atoms with Gasteiger partial charge in [0.15, 0.2) is 0 Å². The summed E-state index contributed by atoms with van der Waals surface area (Å²) in [5, 5.41) is 7.13. The van der Waals surface area contributed by atoms with Gasteiger partial charge in [-0.3, -0.25) is 9.59 Å². The summed E-state index contributed by atoms with van der Waals surface area (Å²) in [5.41, 5.74) is 3.25. The third-order valence-corrected chi connectivity index (χ3v) is 5.78. The van der Waals surface area contributed by atoms with Gasteiger partial charge in [0.1, 0.15) is 23.6 Å². The minimum absolute atomic E-state index is 0.00823. The zero-order valence-electron chi connectivity index (χ0n) is 19.7. The zero-order chi connectivity index (χ0) is 25.2. The van der Waals surface area contributed by atoms with Crippen LogP contribution in [0.2, 0.25) is 0 Å². The van der Waals surface area contributed by atoms with E-state index in [1.807, 2.05) is 31.2 Å². The van der Waals surface area contributed by atoms with Crippen LogP contribution in [0.4, 0.5) is 10.1 Å². The maximum Gasteiger partial charge on any atom is 0.263 e. The lowest BCUT2D eigenvalue weighted by Gasteiger charge is -2.12. The minimum Gasteiger partial charge on any atom is -0.333 e. The average molecular weight is 484 g/mol. The summed E-state index contributed by atoms with van der Waals surface area (Å²) in [5.74, 6) is -0.462. The van der Waals surface area contributed by atoms with Crippen molar-refractivity contribution in [3.8, 4) is 22.8 Å². The molecule has 36 heavy (non-hydrogen) atoms. The molecule has 0 saturated carbocycles. The quantitative estimate of drug-likeness (QED) is 0.374. The first-order valence-electron chi connectivity index (χ1n) is 11.4. The number of rotatable bonds is 6. The van der Waals surface area contributed by atoms with Crippen molar-refractivity contribution in [1.29, 1.82) is 0 Å². The van der Waals surface area contributed by atoms with Gasteiger partial charge in [-0.05, 0) is 67.4 Å². The Kier molecular flexibility index (Phi) is 6.12. The first-order valence-corrected chi connectivity index (χ1v) is 11.4. The van der Waals surface area contributed by atoms with Gasteiger partial charge in [0.05, 0.1) is 5.39 Å². The van der Waals surface area contributed by atoms with E-state index in [9.17, 15) is 14.0 Å². The second-order valence-electron chi connectivity index (χ2n) is 8.35. The first kappa shape index (κ1) is 23.1. The van der Waals surface area contributed by atoms with Gasteiger partial charge in [0.25, 0.3) is 5.89 Å². The average Bonchev–Trinajstić information content (AvgIpc) is 3.36. The molecular formula is C27H22FN5O3. The van der Waals surface area contributed by atoms with E-state index >= 15 is 0 Å². The van der Waals surface area contributed by atoms with Crippen molar-refractivity contribution in [3.63, 3.8) is 0 Å². The smallest absolute Gasteiger partial charge is 0.263 e. The van der Waals surface area contributed by atoms with Crippen molar-refractivity contribution in [1.82, 2.24) is 19.7 Å². The standard InChI is InChI=1S/C27H22FN5O3/c1-3-17-5-11-20(12-6-17)30-23(34)15-33-14-22(24(35)21-13-4-16(2)29-26(21)33)27-31-25(32-36-27)18-7-9-19(28)10-8-18/h4-14H,3,15H2,1-2H3,(H,30,34). The molecule has 0 fully saturated rings. The normalized spacial score (nSPS) is 11.1. The molecule has 0 saturated heterocycles. The van der Waals surface area contributed by atoms with E-state index < -0.39 is 0 Å². The Morgan fingerprint density at radius 1 is 1.03 bits per heavy atom. The molecule has 2 aromatic carbocycles. The van der Waals surface area contributed by atoms with Crippen LogP contribution >= 0.6 is 0 Å². The van der Waals surface area contributed by atoms with Gasteiger partial charge in [-0.2, -0.15) is 4.98 Å². The molecule has 0 atom stereocenters. The van der Waals surface area contributed by atoms with Crippen LogP contribution in [0.1, 0.15) is 18.2 Å². The third-order valence-electron chi connectivity index (χ3n) is 5.78. The number of aromatic nitrogens is 4. The Morgan fingerprint density at radius 3 is 2.50 bits per heavy atom. The Hall–Kier alpha value is -4.66. The molecule has 3 aromatic heterocycles. The number of nitrogens with one attached hydrogen (secondary N) is 1. The number of aryl methyl sites for hydroxylation is 2. The summed E-state index contributed by atoms with van der Waals surface area (Å²) < 4.78 is 20.2. The summed E-state index contributed by atoms with van der Waals surface area (Å²) in [7, 11) is 0. The van der Waals surface area contributed by atoms with E-state index in [1.54, 1.807) is 16.7 Å². The number of pyridine rings is 2. The summed E-state index contributed by atoms with van der Waals surface area (Å²) >= 11 is 0. The second kappa shape index (κ2) is 9.53. The van der Waals surface area contributed by atoms with E-state index in [4.69, 9.17) is 4.52 Å². The van der Waals surface area contributed by atoms with Crippen LogP contribution < -0.4 is 10.7 Å². The minimum atomic E-state index is -0.387. The molecule has 180 valence electrons. The van der Waals surface area contributed by atoms with Crippen LogP contribution in [-0.2, 0) is 17.8 Å². The fourth-order valence-electron chi connectivity index (χ4n) is 3.86. The number of anilines is 1. The van der Waals surface area contributed by atoms with Crippen LogP contribution in [0, 0.1) is 12.7 Å². The molecule has 5 rings (SSSR count). The van der Waals surface area contributed by atoms with Gasteiger partial charge >= 0.3 is 0 Å². The predicted octanol–water partition coefficient (Wildman–Crippen LogP) is 4.76. The molecule has 0 bridgehead atoms. The Morgan fingerprint density at radius 2 is 1.78 bits per heavy atom. The van der Waals surface area contributed by atoms with Crippen molar-refractivity contribution >= 4 is 22.6 Å². The van der Waals surface area contributed by atoms with Crippen LogP contribution in [0.3, 0.4) is 0 Å². The van der Waals surface area contributed by atoms with E-state index in [0.29, 0.717) is 28.0 Å². The highest BCUT2D eigenvalue weighted by atomic mass is 19.1. The van der Waals surface area contributed by atoms with Crippen molar-refractivity contribution in [2.75, 3.05) is 5.32 Å². The molecule has 8 nitrogen and oxygen atoms in total. The molecule has 1 N–H and O–H groups in total. The van der Waals surface area contributed by atoms with Crippen LogP contribution in [0.25, 0.3) is 33.9 Å². The number of carbonyl (C=O) groups excluding carboxylic acids is 1. The third kappa shape index (κ3) is 4.63.